The van der Waals surface area contributed by atoms with Gasteiger partial charge in [0, 0.05) is 38.3 Å². The molecular formula is C24H31FN4OS. The summed E-state index contributed by atoms with van der Waals surface area (Å²) in [4.78, 5) is 6.99. The Labute approximate surface area is 189 Å². The summed E-state index contributed by atoms with van der Waals surface area (Å²) in [6.45, 7) is 6.49. The number of aromatic nitrogens is 1. The fourth-order valence-electron chi connectivity index (χ4n) is 4.60. The molecule has 2 fully saturated rings. The number of hydrogen-bond acceptors (Lipinski definition) is 4. The molecule has 1 aromatic carbocycles. The minimum absolute atomic E-state index is 0.120. The summed E-state index contributed by atoms with van der Waals surface area (Å²) in [6.07, 6.45) is 6.10. The van der Waals surface area contributed by atoms with Crippen molar-refractivity contribution >= 4 is 28.8 Å². The van der Waals surface area contributed by atoms with Crippen LogP contribution < -0.4 is 15.5 Å². The van der Waals surface area contributed by atoms with Gasteiger partial charge in [0.05, 0.1) is 11.9 Å². The van der Waals surface area contributed by atoms with E-state index in [1.165, 1.54) is 25.0 Å². The van der Waals surface area contributed by atoms with Crippen LogP contribution in [0.4, 0.5) is 15.9 Å². The van der Waals surface area contributed by atoms with Crippen molar-refractivity contribution in [2.24, 2.45) is 5.92 Å². The van der Waals surface area contributed by atoms with Crippen LogP contribution in [-0.4, -0.2) is 42.9 Å². The molecule has 2 aliphatic rings. The van der Waals surface area contributed by atoms with Crippen LogP contribution in [0.5, 0.6) is 0 Å². The van der Waals surface area contributed by atoms with Crippen LogP contribution in [0.15, 0.2) is 42.6 Å². The SMILES string of the molecule is C[C@H]1CCCN(c2ccc(NC(=S)NCC3(c4ccc(F)cc4)CCOCC3)cn2)C1. The normalized spacial score (nSPS) is 20.8. The summed E-state index contributed by atoms with van der Waals surface area (Å²) in [5.74, 6) is 1.52. The molecule has 0 amide bonds. The summed E-state index contributed by atoms with van der Waals surface area (Å²) in [5, 5.41) is 7.18. The molecule has 4 rings (SSSR count). The van der Waals surface area contributed by atoms with Gasteiger partial charge in [-0.1, -0.05) is 19.1 Å². The van der Waals surface area contributed by atoms with Crippen molar-refractivity contribution in [2.75, 3.05) is 43.1 Å². The minimum Gasteiger partial charge on any atom is -0.381 e. The summed E-state index contributed by atoms with van der Waals surface area (Å²) in [6, 6.07) is 10.9. The summed E-state index contributed by atoms with van der Waals surface area (Å²) in [5.41, 5.74) is 1.87. The average molecular weight is 443 g/mol. The van der Waals surface area contributed by atoms with Gasteiger partial charge in [-0.25, -0.2) is 9.37 Å². The third-order valence-electron chi connectivity index (χ3n) is 6.48. The Hall–Kier alpha value is -2.25. The second-order valence-corrected chi connectivity index (χ2v) is 9.21. The van der Waals surface area contributed by atoms with E-state index in [2.05, 4.69) is 33.5 Å². The van der Waals surface area contributed by atoms with Crippen LogP contribution in [0.1, 0.15) is 38.2 Å². The van der Waals surface area contributed by atoms with E-state index in [-0.39, 0.29) is 11.2 Å². The molecule has 2 aliphatic heterocycles. The van der Waals surface area contributed by atoms with Gasteiger partial charge in [0.15, 0.2) is 5.11 Å². The number of anilines is 2. The predicted molar refractivity (Wildman–Crippen MR) is 127 cm³/mol. The number of rotatable bonds is 5. The maximum atomic E-state index is 13.4. The molecule has 166 valence electrons. The maximum absolute atomic E-state index is 13.4. The fraction of sp³-hybridized carbons (Fsp3) is 0.500. The number of nitrogens with one attached hydrogen (secondary N) is 2. The number of ether oxygens (including phenoxy) is 1. The molecule has 0 aliphatic carbocycles. The number of benzene rings is 1. The summed E-state index contributed by atoms with van der Waals surface area (Å²) >= 11 is 5.55. The van der Waals surface area contributed by atoms with Crippen molar-refractivity contribution in [2.45, 2.75) is 38.0 Å². The third kappa shape index (κ3) is 5.52. The highest BCUT2D eigenvalue weighted by Crippen LogP contribution is 2.34. The molecule has 1 atom stereocenters. The summed E-state index contributed by atoms with van der Waals surface area (Å²) < 4.78 is 19.0. The predicted octanol–water partition coefficient (Wildman–Crippen LogP) is 4.49. The second kappa shape index (κ2) is 9.92. The molecule has 7 heteroatoms. The minimum atomic E-state index is -0.217. The first kappa shape index (κ1) is 22.0. The van der Waals surface area contributed by atoms with Gasteiger partial charge in [0.1, 0.15) is 11.6 Å². The highest BCUT2D eigenvalue weighted by atomic mass is 32.1. The molecule has 1 aromatic heterocycles. The van der Waals surface area contributed by atoms with Crippen molar-refractivity contribution < 1.29 is 9.13 Å². The lowest BCUT2D eigenvalue weighted by molar-refractivity contribution is 0.0515. The molecular weight excluding hydrogens is 411 g/mol. The Morgan fingerprint density at radius 3 is 2.68 bits per heavy atom. The number of piperidine rings is 1. The Morgan fingerprint density at radius 1 is 1.23 bits per heavy atom. The molecule has 0 unspecified atom stereocenters. The van der Waals surface area contributed by atoms with Gasteiger partial charge < -0.3 is 20.3 Å². The van der Waals surface area contributed by atoms with E-state index in [9.17, 15) is 4.39 Å². The molecule has 0 radical (unpaired) electrons. The van der Waals surface area contributed by atoms with Crippen LogP contribution in [-0.2, 0) is 10.2 Å². The maximum Gasteiger partial charge on any atom is 0.170 e. The van der Waals surface area contributed by atoms with Gasteiger partial charge in [-0.2, -0.15) is 0 Å². The van der Waals surface area contributed by atoms with E-state index >= 15 is 0 Å². The largest absolute Gasteiger partial charge is 0.381 e. The molecule has 2 saturated heterocycles. The van der Waals surface area contributed by atoms with E-state index in [4.69, 9.17) is 17.0 Å². The highest BCUT2D eigenvalue weighted by Gasteiger charge is 2.34. The zero-order valence-corrected chi connectivity index (χ0v) is 18.9. The molecule has 2 aromatic rings. The number of halogens is 1. The van der Waals surface area contributed by atoms with Gasteiger partial charge >= 0.3 is 0 Å². The molecule has 3 heterocycles. The number of hydrogen-bond donors (Lipinski definition) is 2. The van der Waals surface area contributed by atoms with Crippen molar-refractivity contribution in [3.8, 4) is 0 Å². The number of thiocarbonyl (C=S) groups is 1. The second-order valence-electron chi connectivity index (χ2n) is 8.81. The van der Waals surface area contributed by atoms with Gasteiger partial charge in [0.2, 0.25) is 0 Å². The highest BCUT2D eigenvalue weighted by molar-refractivity contribution is 7.80. The van der Waals surface area contributed by atoms with Gasteiger partial charge in [-0.3, -0.25) is 0 Å². The van der Waals surface area contributed by atoms with E-state index in [0.717, 1.165) is 43.0 Å². The van der Waals surface area contributed by atoms with Crippen molar-refractivity contribution in [3.63, 3.8) is 0 Å². The van der Waals surface area contributed by atoms with E-state index in [0.29, 0.717) is 30.8 Å². The first-order valence-electron chi connectivity index (χ1n) is 11.1. The lowest BCUT2D eigenvalue weighted by atomic mass is 9.74. The average Bonchev–Trinajstić information content (AvgIpc) is 2.79. The number of pyridine rings is 1. The lowest BCUT2D eigenvalue weighted by Gasteiger charge is -2.38. The van der Waals surface area contributed by atoms with Gasteiger partial charge in [0.25, 0.3) is 0 Å². The van der Waals surface area contributed by atoms with Gasteiger partial charge in [-0.05, 0) is 73.6 Å². The monoisotopic (exact) mass is 442 g/mol. The summed E-state index contributed by atoms with van der Waals surface area (Å²) in [7, 11) is 0. The van der Waals surface area contributed by atoms with Crippen LogP contribution >= 0.6 is 12.2 Å². The smallest absolute Gasteiger partial charge is 0.170 e. The Kier molecular flexibility index (Phi) is 7.02. The Morgan fingerprint density at radius 2 is 2.00 bits per heavy atom. The zero-order valence-electron chi connectivity index (χ0n) is 18.1. The topological polar surface area (TPSA) is 49.4 Å². The quantitative estimate of drug-likeness (QED) is 0.666. The molecule has 0 bridgehead atoms. The first-order valence-corrected chi connectivity index (χ1v) is 11.5. The third-order valence-corrected chi connectivity index (χ3v) is 6.73. The molecule has 5 nitrogen and oxygen atoms in total. The standard InChI is InChI=1S/C24H31FN4OS/c1-18-3-2-12-29(16-18)22-9-8-21(15-26-22)28-23(31)27-17-24(10-13-30-14-11-24)19-4-6-20(25)7-5-19/h4-9,15,18H,2-3,10-14,16-17H2,1H3,(H2,27,28,31)/t18-/m0/s1. The molecule has 2 N–H and O–H groups in total. The molecule has 0 spiro atoms. The fourth-order valence-corrected chi connectivity index (χ4v) is 4.79. The molecule has 31 heavy (non-hydrogen) atoms. The van der Waals surface area contributed by atoms with Crippen molar-refractivity contribution in [1.82, 2.24) is 10.3 Å². The number of nitrogens with zero attached hydrogens (tertiary/aromatic N) is 2. The van der Waals surface area contributed by atoms with Crippen molar-refractivity contribution in [1.29, 1.82) is 0 Å². The van der Waals surface area contributed by atoms with Gasteiger partial charge in [-0.15, -0.1) is 0 Å². The van der Waals surface area contributed by atoms with E-state index in [1.54, 1.807) is 0 Å². The van der Waals surface area contributed by atoms with Crippen LogP contribution in [0.25, 0.3) is 0 Å². The van der Waals surface area contributed by atoms with E-state index < -0.39 is 0 Å². The Bertz CT molecular complexity index is 868. The Balaban J connectivity index is 1.35. The first-order chi connectivity index (χ1) is 15.0. The van der Waals surface area contributed by atoms with E-state index in [1.807, 2.05) is 24.4 Å². The van der Waals surface area contributed by atoms with Crippen molar-refractivity contribution in [3.05, 3.63) is 54.0 Å². The lowest BCUT2D eigenvalue weighted by Crippen LogP contribution is -2.45. The van der Waals surface area contributed by atoms with Crippen LogP contribution in [0.2, 0.25) is 0 Å². The molecule has 0 saturated carbocycles. The van der Waals surface area contributed by atoms with Crippen LogP contribution in [0.3, 0.4) is 0 Å². The zero-order chi connectivity index (χ0) is 21.7. The van der Waals surface area contributed by atoms with Crippen LogP contribution in [0, 0.1) is 11.7 Å².